The summed E-state index contributed by atoms with van der Waals surface area (Å²) in [4.78, 5) is 4.14. The zero-order valence-corrected chi connectivity index (χ0v) is 14.1. The maximum Gasteiger partial charge on any atom is 0.264 e. The Bertz CT molecular complexity index is 864. The zero-order valence-electron chi connectivity index (χ0n) is 11.7. The van der Waals surface area contributed by atoms with Crippen LogP contribution in [0, 0.1) is 5.41 Å². The molecule has 0 heterocycles. The number of sulfonamides is 1. The Morgan fingerprint density at radius 3 is 2.52 bits per heavy atom. The van der Waals surface area contributed by atoms with Crippen molar-refractivity contribution in [2.24, 2.45) is 10.7 Å². The molecule has 0 spiro atoms. The van der Waals surface area contributed by atoms with Crippen molar-refractivity contribution < 1.29 is 13.5 Å². The molecular weight excluding hydrogens is 384 g/mol. The lowest BCUT2D eigenvalue weighted by Crippen LogP contribution is -2.35. The van der Waals surface area contributed by atoms with Crippen LogP contribution in [0.3, 0.4) is 0 Å². The standard InChI is InChI=1S/C14H13BrN4O3S/c15-10-1-6-13(20)9(7-10)8-18-11-2-4-12(5-3-11)23(21,22)19-14(16)17/h1-8,20H,(H4,16,17,19)/b18-8+. The molecule has 5 N–H and O–H groups in total. The van der Waals surface area contributed by atoms with Gasteiger partial charge in [0.1, 0.15) is 5.75 Å². The number of nitrogens with zero attached hydrogens (tertiary/aromatic N) is 1. The summed E-state index contributed by atoms with van der Waals surface area (Å²) in [5.74, 6) is -0.570. The van der Waals surface area contributed by atoms with E-state index in [1.165, 1.54) is 36.5 Å². The topological polar surface area (TPSA) is 129 Å². The molecule has 0 bridgehead atoms. The number of phenols is 1. The fraction of sp³-hybridized carbons (Fsp3) is 0. The Labute approximate surface area is 141 Å². The smallest absolute Gasteiger partial charge is 0.264 e. The summed E-state index contributed by atoms with van der Waals surface area (Å²) >= 11 is 3.30. The molecule has 0 fully saturated rings. The van der Waals surface area contributed by atoms with E-state index in [2.05, 4.69) is 20.9 Å². The molecule has 0 atom stereocenters. The SMILES string of the molecule is N=C(N)NS(=O)(=O)c1ccc(/N=C/c2cc(Br)ccc2O)cc1. The van der Waals surface area contributed by atoms with Crippen molar-refractivity contribution >= 4 is 43.8 Å². The number of nitrogens with two attached hydrogens (primary N) is 1. The normalized spacial score (nSPS) is 11.5. The van der Waals surface area contributed by atoms with Crippen LogP contribution < -0.4 is 10.5 Å². The van der Waals surface area contributed by atoms with E-state index in [0.717, 1.165) is 4.47 Å². The number of aliphatic imine (C=N–C) groups is 1. The second kappa shape index (κ2) is 6.80. The first-order valence-electron chi connectivity index (χ1n) is 6.27. The molecule has 0 aliphatic carbocycles. The van der Waals surface area contributed by atoms with Crippen LogP contribution in [0.25, 0.3) is 0 Å². The van der Waals surface area contributed by atoms with Gasteiger partial charge in [0.25, 0.3) is 10.0 Å². The van der Waals surface area contributed by atoms with E-state index in [4.69, 9.17) is 11.1 Å². The molecule has 0 radical (unpaired) electrons. The van der Waals surface area contributed by atoms with E-state index in [1.54, 1.807) is 12.1 Å². The minimum Gasteiger partial charge on any atom is -0.507 e. The monoisotopic (exact) mass is 396 g/mol. The Hall–Kier alpha value is -2.39. The number of aromatic hydroxyl groups is 1. The van der Waals surface area contributed by atoms with Crippen LogP contribution in [0.1, 0.15) is 5.56 Å². The molecule has 0 aromatic heterocycles. The predicted octanol–water partition coefficient (Wildman–Crippen LogP) is 2.08. The van der Waals surface area contributed by atoms with E-state index in [9.17, 15) is 13.5 Å². The number of benzene rings is 2. The third-order valence-corrected chi connectivity index (χ3v) is 4.61. The lowest BCUT2D eigenvalue weighted by molar-refractivity contribution is 0.474. The fourth-order valence-corrected chi connectivity index (χ4v) is 2.97. The van der Waals surface area contributed by atoms with Gasteiger partial charge in [-0.1, -0.05) is 15.9 Å². The van der Waals surface area contributed by atoms with Gasteiger partial charge >= 0.3 is 0 Å². The van der Waals surface area contributed by atoms with E-state index >= 15 is 0 Å². The molecule has 9 heteroatoms. The van der Waals surface area contributed by atoms with Crippen LogP contribution in [0.4, 0.5) is 5.69 Å². The molecule has 2 rings (SSSR count). The van der Waals surface area contributed by atoms with Gasteiger partial charge in [0.2, 0.25) is 0 Å². The first kappa shape index (κ1) is 17.0. The molecule has 23 heavy (non-hydrogen) atoms. The largest absolute Gasteiger partial charge is 0.507 e. The average molecular weight is 397 g/mol. The van der Waals surface area contributed by atoms with Crippen molar-refractivity contribution in [3.63, 3.8) is 0 Å². The van der Waals surface area contributed by atoms with Crippen LogP contribution in [-0.4, -0.2) is 25.7 Å². The van der Waals surface area contributed by atoms with Gasteiger partial charge in [0.15, 0.2) is 5.96 Å². The molecule has 0 aliphatic heterocycles. The van der Waals surface area contributed by atoms with Gasteiger partial charge in [-0.05, 0) is 42.5 Å². The Balaban J connectivity index is 2.22. The van der Waals surface area contributed by atoms with Crippen molar-refractivity contribution in [1.29, 1.82) is 5.41 Å². The number of nitrogens with one attached hydrogen (secondary N) is 2. The molecule has 0 unspecified atom stereocenters. The molecule has 0 aliphatic rings. The van der Waals surface area contributed by atoms with Crippen molar-refractivity contribution in [1.82, 2.24) is 4.72 Å². The quantitative estimate of drug-likeness (QED) is 0.465. The Morgan fingerprint density at radius 2 is 1.91 bits per heavy atom. The Morgan fingerprint density at radius 1 is 1.26 bits per heavy atom. The highest BCUT2D eigenvalue weighted by Crippen LogP contribution is 2.22. The summed E-state index contributed by atoms with van der Waals surface area (Å²) in [7, 11) is -3.85. The van der Waals surface area contributed by atoms with Crippen molar-refractivity contribution in [2.75, 3.05) is 0 Å². The van der Waals surface area contributed by atoms with Gasteiger partial charge in [-0.15, -0.1) is 0 Å². The highest BCUT2D eigenvalue weighted by atomic mass is 79.9. The van der Waals surface area contributed by atoms with Gasteiger partial charge in [-0.3, -0.25) is 10.4 Å². The van der Waals surface area contributed by atoms with Gasteiger partial charge in [0.05, 0.1) is 10.6 Å². The average Bonchev–Trinajstić information content (AvgIpc) is 2.47. The van der Waals surface area contributed by atoms with Crippen LogP contribution >= 0.6 is 15.9 Å². The number of halogens is 1. The zero-order chi connectivity index (χ0) is 17.0. The molecule has 7 nitrogen and oxygen atoms in total. The van der Waals surface area contributed by atoms with Gasteiger partial charge in [-0.2, -0.15) is 0 Å². The summed E-state index contributed by atoms with van der Waals surface area (Å²) < 4.78 is 26.3. The summed E-state index contributed by atoms with van der Waals surface area (Å²) in [5.41, 5.74) is 6.05. The van der Waals surface area contributed by atoms with E-state index < -0.39 is 16.0 Å². The number of rotatable bonds is 4. The van der Waals surface area contributed by atoms with Crippen LogP contribution in [0.15, 0.2) is 56.8 Å². The molecule has 120 valence electrons. The van der Waals surface area contributed by atoms with Crippen LogP contribution in [0.5, 0.6) is 5.75 Å². The first-order chi connectivity index (χ1) is 10.8. The molecule has 2 aromatic carbocycles. The van der Waals surface area contributed by atoms with Crippen molar-refractivity contribution in [3.8, 4) is 5.75 Å². The summed E-state index contributed by atoms with van der Waals surface area (Å²) in [6, 6.07) is 10.6. The van der Waals surface area contributed by atoms with E-state index in [0.29, 0.717) is 11.3 Å². The second-order valence-electron chi connectivity index (χ2n) is 4.47. The summed E-state index contributed by atoms with van der Waals surface area (Å²) in [6.07, 6.45) is 1.47. The van der Waals surface area contributed by atoms with Crippen molar-refractivity contribution in [2.45, 2.75) is 4.90 Å². The molecule has 0 saturated carbocycles. The lowest BCUT2D eigenvalue weighted by atomic mass is 10.2. The number of hydrogen-bond donors (Lipinski definition) is 4. The second-order valence-corrected chi connectivity index (χ2v) is 7.07. The number of phenolic OH excluding ortho intramolecular Hbond substituents is 1. The fourth-order valence-electron chi connectivity index (χ4n) is 1.69. The maximum absolute atomic E-state index is 11.8. The minimum absolute atomic E-state index is 0.0306. The third-order valence-electron chi connectivity index (χ3n) is 2.73. The summed E-state index contributed by atoms with van der Waals surface area (Å²) in [5, 5.41) is 16.7. The lowest BCUT2D eigenvalue weighted by Gasteiger charge is -2.05. The van der Waals surface area contributed by atoms with Crippen molar-refractivity contribution in [3.05, 3.63) is 52.5 Å². The summed E-state index contributed by atoms with van der Waals surface area (Å²) in [6.45, 7) is 0. The minimum atomic E-state index is -3.85. The molecule has 0 saturated heterocycles. The number of guanidine groups is 1. The molecule has 2 aromatic rings. The van der Waals surface area contributed by atoms with Gasteiger partial charge in [-0.25, -0.2) is 13.1 Å². The van der Waals surface area contributed by atoms with E-state index in [-0.39, 0.29) is 10.6 Å². The van der Waals surface area contributed by atoms with E-state index in [1.807, 2.05) is 4.72 Å². The number of hydrogen-bond acceptors (Lipinski definition) is 5. The van der Waals surface area contributed by atoms with Crippen LogP contribution in [-0.2, 0) is 10.0 Å². The Kier molecular flexibility index (Phi) is 5.02. The first-order valence-corrected chi connectivity index (χ1v) is 8.55. The molecule has 0 amide bonds. The van der Waals surface area contributed by atoms with Gasteiger partial charge in [0, 0.05) is 16.3 Å². The highest BCUT2D eigenvalue weighted by Gasteiger charge is 2.13. The maximum atomic E-state index is 11.8. The highest BCUT2D eigenvalue weighted by molar-refractivity contribution is 9.10. The van der Waals surface area contributed by atoms with Crippen LogP contribution in [0.2, 0.25) is 0 Å². The molecular formula is C14H13BrN4O3S. The third kappa shape index (κ3) is 4.54. The predicted molar refractivity (Wildman–Crippen MR) is 91.7 cm³/mol. The van der Waals surface area contributed by atoms with Gasteiger partial charge < -0.3 is 10.8 Å².